The molecule has 2 heterocycles. The third-order valence-electron chi connectivity index (χ3n) is 5.44. The van der Waals surface area contributed by atoms with Crippen molar-refractivity contribution in [3.05, 3.63) is 42.0 Å². The fourth-order valence-corrected chi connectivity index (χ4v) is 4.10. The molecular formula is C21H31NO5. The van der Waals surface area contributed by atoms with Crippen LogP contribution >= 0.6 is 0 Å². The van der Waals surface area contributed by atoms with Crippen LogP contribution in [0.2, 0.25) is 0 Å². The average molecular weight is 377 g/mol. The van der Waals surface area contributed by atoms with Gasteiger partial charge < -0.3 is 24.4 Å². The summed E-state index contributed by atoms with van der Waals surface area (Å²) in [6.45, 7) is 6.29. The van der Waals surface area contributed by atoms with Crippen molar-refractivity contribution in [3.63, 3.8) is 0 Å². The first-order valence-electron chi connectivity index (χ1n) is 9.57. The first-order valence-corrected chi connectivity index (χ1v) is 9.57. The van der Waals surface area contributed by atoms with Crippen molar-refractivity contribution in [2.24, 2.45) is 0 Å². The summed E-state index contributed by atoms with van der Waals surface area (Å²) < 4.78 is 17.5. The van der Waals surface area contributed by atoms with Crippen molar-refractivity contribution < 1.29 is 24.4 Å². The summed E-state index contributed by atoms with van der Waals surface area (Å²) in [4.78, 5) is 2.22. The normalized spacial score (nSPS) is 31.4. The zero-order valence-electron chi connectivity index (χ0n) is 16.5. The van der Waals surface area contributed by atoms with Crippen LogP contribution in [0.1, 0.15) is 38.8 Å². The molecule has 2 aliphatic rings. The average Bonchev–Trinajstić information content (AvgIpc) is 2.95. The van der Waals surface area contributed by atoms with E-state index in [0.717, 1.165) is 24.3 Å². The van der Waals surface area contributed by atoms with Crippen LogP contribution < -0.4 is 4.74 Å². The lowest BCUT2D eigenvalue weighted by Gasteiger charge is -2.42. The van der Waals surface area contributed by atoms with Gasteiger partial charge in [0.25, 0.3) is 0 Å². The highest BCUT2D eigenvalue weighted by Gasteiger charge is 2.49. The predicted molar refractivity (Wildman–Crippen MR) is 103 cm³/mol. The van der Waals surface area contributed by atoms with Crippen molar-refractivity contribution in [1.29, 1.82) is 0 Å². The summed E-state index contributed by atoms with van der Waals surface area (Å²) in [5, 5.41) is 20.4. The third kappa shape index (κ3) is 4.36. The third-order valence-corrected chi connectivity index (χ3v) is 5.44. The molecule has 1 aromatic carbocycles. The molecule has 5 atom stereocenters. The molecule has 6 nitrogen and oxygen atoms in total. The topological polar surface area (TPSA) is 71.4 Å². The molecule has 1 aromatic rings. The van der Waals surface area contributed by atoms with E-state index in [1.54, 1.807) is 7.11 Å². The second-order valence-corrected chi connectivity index (χ2v) is 7.71. The highest BCUT2D eigenvalue weighted by molar-refractivity contribution is 5.29. The monoisotopic (exact) mass is 377 g/mol. The predicted octanol–water partition coefficient (Wildman–Crippen LogP) is 2.26. The summed E-state index contributed by atoms with van der Waals surface area (Å²) >= 11 is 0. The molecule has 2 N–H and O–H groups in total. The number of nitrogens with zero attached hydrogens (tertiary/aromatic N) is 1. The van der Waals surface area contributed by atoms with Crippen LogP contribution in [0.15, 0.2) is 36.4 Å². The van der Waals surface area contributed by atoms with Gasteiger partial charge in [-0.15, -0.1) is 0 Å². The summed E-state index contributed by atoms with van der Waals surface area (Å²) in [6, 6.07) is 7.59. The molecule has 0 saturated carbocycles. The van der Waals surface area contributed by atoms with Crippen LogP contribution in [0.4, 0.5) is 0 Å². The molecular weight excluding hydrogens is 346 g/mol. The lowest BCUT2D eigenvalue weighted by Crippen LogP contribution is -2.56. The molecule has 1 saturated heterocycles. The van der Waals surface area contributed by atoms with Crippen molar-refractivity contribution in [2.75, 3.05) is 20.3 Å². The Morgan fingerprint density at radius 2 is 1.96 bits per heavy atom. The summed E-state index contributed by atoms with van der Waals surface area (Å²) in [6.07, 6.45) is 3.42. The van der Waals surface area contributed by atoms with Crippen LogP contribution in [0.5, 0.6) is 5.75 Å². The Kier molecular flexibility index (Phi) is 6.23. The SMILES string of the molecule is COc1ccc([C@@H](C)N2CC/C=C\[C@H]3OC(C)(C)O[C@H]3[C@@H]2[C@@H](O)CO)cc1. The Bertz CT molecular complexity index is 644. The maximum Gasteiger partial charge on any atom is 0.164 e. The molecule has 27 heavy (non-hydrogen) atoms. The number of fused-ring (bicyclic) bond motifs is 1. The van der Waals surface area contributed by atoms with E-state index in [-0.39, 0.29) is 30.9 Å². The van der Waals surface area contributed by atoms with Gasteiger partial charge in [-0.2, -0.15) is 0 Å². The maximum atomic E-state index is 10.7. The molecule has 2 aliphatic heterocycles. The van der Waals surface area contributed by atoms with Crippen molar-refractivity contribution in [1.82, 2.24) is 4.90 Å². The summed E-state index contributed by atoms with van der Waals surface area (Å²) in [5.74, 6) is 0.0785. The summed E-state index contributed by atoms with van der Waals surface area (Å²) in [5.41, 5.74) is 1.12. The first kappa shape index (κ1) is 20.3. The van der Waals surface area contributed by atoms with Gasteiger partial charge in [0.2, 0.25) is 0 Å². The van der Waals surface area contributed by atoms with Crippen LogP contribution in [-0.4, -0.2) is 65.5 Å². The lowest BCUT2D eigenvalue weighted by molar-refractivity contribution is -0.158. The summed E-state index contributed by atoms with van der Waals surface area (Å²) in [7, 11) is 1.65. The molecule has 0 amide bonds. The van der Waals surface area contributed by atoms with Crippen LogP contribution in [0.25, 0.3) is 0 Å². The van der Waals surface area contributed by atoms with E-state index >= 15 is 0 Å². The molecule has 0 spiro atoms. The van der Waals surface area contributed by atoms with Gasteiger partial charge in [0.1, 0.15) is 18.0 Å². The van der Waals surface area contributed by atoms with Crippen molar-refractivity contribution in [3.8, 4) is 5.75 Å². The Morgan fingerprint density at radius 1 is 1.26 bits per heavy atom. The van der Waals surface area contributed by atoms with Gasteiger partial charge in [0.15, 0.2) is 5.79 Å². The molecule has 6 heteroatoms. The zero-order chi connectivity index (χ0) is 19.6. The van der Waals surface area contributed by atoms with E-state index in [4.69, 9.17) is 14.2 Å². The second-order valence-electron chi connectivity index (χ2n) is 7.71. The standard InChI is InChI=1S/C21H31NO5/c1-14(15-8-10-16(25-4)11-9-15)22-12-6-5-7-18-20(19(22)17(24)13-23)27-21(2,3)26-18/h5,7-11,14,17-20,23-24H,6,12-13H2,1-4H3/b7-5-/t14-,17+,18-,19+,20-/m1/s1. The molecule has 0 aromatic heterocycles. The zero-order valence-corrected chi connectivity index (χ0v) is 16.5. The largest absolute Gasteiger partial charge is 0.497 e. The van der Waals surface area contributed by atoms with Gasteiger partial charge in [0, 0.05) is 12.6 Å². The molecule has 0 bridgehead atoms. The maximum absolute atomic E-state index is 10.7. The molecule has 150 valence electrons. The minimum Gasteiger partial charge on any atom is -0.497 e. The highest BCUT2D eigenvalue weighted by atomic mass is 16.8. The van der Waals surface area contributed by atoms with Gasteiger partial charge in [-0.3, -0.25) is 4.90 Å². The number of hydrogen-bond acceptors (Lipinski definition) is 6. The number of methoxy groups -OCH3 is 1. The number of hydrogen-bond donors (Lipinski definition) is 2. The van der Waals surface area contributed by atoms with E-state index in [2.05, 4.69) is 17.9 Å². The highest BCUT2D eigenvalue weighted by Crippen LogP contribution is 2.37. The lowest BCUT2D eigenvalue weighted by atomic mass is 9.93. The van der Waals surface area contributed by atoms with Crippen LogP contribution in [0, 0.1) is 0 Å². The van der Waals surface area contributed by atoms with E-state index in [9.17, 15) is 10.2 Å². The minimum absolute atomic E-state index is 0.0292. The number of rotatable bonds is 5. The van der Waals surface area contributed by atoms with Gasteiger partial charge in [-0.25, -0.2) is 0 Å². The van der Waals surface area contributed by atoms with E-state index in [1.165, 1.54) is 0 Å². The van der Waals surface area contributed by atoms with Crippen LogP contribution in [-0.2, 0) is 9.47 Å². The van der Waals surface area contributed by atoms with Gasteiger partial charge in [0.05, 0.1) is 25.9 Å². The minimum atomic E-state index is -0.929. The smallest absolute Gasteiger partial charge is 0.164 e. The molecule has 1 fully saturated rings. The van der Waals surface area contributed by atoms with Gasteiger partial charge >= 0.3 is 0 Å². The Morgan fingerprint density at radius 3 is 2.59 bits per heavy atom. The second kappa shape index (κ2) is 8.29. The molecule has 0 unspecified atom stereocenters. The Labute approximate surface area is 161 Å². The molecule has 0 aliphatic carbocycles. The fourth-order valence-electron chi connectivity index (χ4n) is 4.10. The Hall–Kier alpha value is -1.44. The van der Waals surface area contributed by atoms with E-state index < -0.39 is 11.9 Å². The molecule has 0 radical (unpaired) electrons. The van der Waals surface area contributed by atoms with E-state index in [0.29, 0.717) is 0 Å². The van der Waals surface area contributed by atoms with Gasteiger partial charge in [-0.1, -0.05) is 24.3 Å². The van der Waals surface area contributed by atoms with Crippen molar-refractivity contribution in [2.45, 2.75) is 63.4 Å². The number of ether oxygens (including phenoxy) is 3. The quantitative estimate of drug-likeness (QED) is 0.767. The van der Waals surface area contributed by atoms with Crippen molar-refractivity contribution >= 4 is 0 Å². The fraction of sp³-hybridized carbons (Fsp3) is 0.619. The number of aliphatic hydroxyl groups is 2. The number of aliphatic hydroxyl groups excluding tert-OH is 2. The number of benzene rings is 1. The van der Waals surface area contributed by atoms with Gasteiger partial charge in [-0.05, 0) is 44.9 Å². The molecule has 3 rings (SSSR count). The van der Waals surface area contributed by atoms with E-state index in [1.807, 2.05) is 44.2 Å². The first-order chi connectivity index (χ1) is 12.9. The van der Waals surface area contributed by atoms with Crippen LogP contribution in [0.3, 0.4) is 0 Å². The Balaban J connectivity index is 1.93.